The van der Waals surface area contributed by atoms with Crippen molar-refractivity contribution >= 4 is 39.8 Å². The van der Waals surface area contributed by atoms with E-state index in [1.54, 1.807) is 0 Å². The minimum atomic E-state index is -4.65. The van der Waals surface area contributed by atoms with Gasteiger partial charge in [0.2, 0.25) is 5.84 Å². The van der Waals surface area contributed by atoms with Crippen LogP contribution in [-0.4, -0.2) is 28.2 Å². The lowest BCUT2D eigenvalue weighted by atomic mass is 10.3. The molecule has 1 heterocycles. The molecule has 0 amide bonds. The smallest absolute Gasteiger partial charge is 0.316 e. The number of amidine groups is 1. The molecule has 0 saturated heterocycles. The van der Waals surface area contributed by atoms with E-state index >= 15 is 0 Å². The lowest BCUT2D eigenvalue weighted by Gasteiger charge is -2.15. The van der Waals surface area contributed by atoms with Crippen molar-refractivity contribution in [2.45, 2.75) is 12.2 Å². The topological polar surface area (TPSA) is 50.7 Å². The van der Waals surface area contributed by atoms with E-state index in [0.717, 1.165) is 0 Å². The number of hydrogen-bond donors (Lipinski definition) is 1. The molecule has 0 saturated carbocycles. The van der Waals surface area contributed by atoms with Crippen molar-refractivity contribution in [1.29, 1.82) is 0 Å². The zero-order valence-electron chi connectivity index (χ0n) is 5.97. The van der Waals surface area contributed by atoms with Crippen LogP contribution >= 0.6 is 23.8 Å². The van der Waals surface area contributed by atoms with Gasteiger partial charge in [0.05, 0.1) is 0 Å². The van der Waals surface area contributed by atoms with E-state index in [9.17, 15) is 13.2 Å². The van der Waals surface area contributed by atoms with Gasteiger partial charge in [0, 0.05) is 0 Å². The molecule has 0 radical (unpaired) electrons. The maximum absolute atomic E-state index is 12.0. The third-order valence-corrected chi connectivity index (χ3v) is 1.87. The van der Waals surface area contributed by atoms with Crippen LogP contribution in [0.4, 0.5) is 13.2 Å². The summed E-state index contributed by atoms with van der Waals surface area (Å²) in [7, 11) is 0. The number of halogens is 4. The number of thiocarbonyl (C=S) groups is 1. The Kier molecular flexibility index (Phi) is 2.69. The van der Waals surface area contributed by atoms with Crippen molar-refractivity contribution in [3.63, 3.8) is 0 Å². The van der Waals surface area contributed by atoms with Gasteiger partial charge in [-0.3, -0.25) is 0 Å². The van der Waals surface area contributed by atoms with Crippen LogP contribution in [0, 0.1) is 0 Å². The lowest BCUT2D eigenvalue weighted by Crippen LogP contribution is -2.40. The summed E-state index contributed by atoms with van der Waals surface area (Å²) >= 11 is 9.79. The minimum absolute atomic E-state index is 0.313. The molecule has 1 aliphatic rings. The van der Waals surface area contributed by atoms with Crippen molar-refractivity contribution < 1.29 is 13.2 Å². The van der Waals surface area contributed by atoms with Gasteiger partial charge in [0.15, 0.2) is 0 Å². The molecule has 1 aliphatic heterocycles. The molecule has 0 aromatic heterocycles. The van der Waals surface area contributed by atoms with E-state index in [0.29, 0.717) is 0 Å². The molecule has 1 rings (SSSR count). The fraction of sp³-hybridized carbons (Fsp3) is 0.400. The van der Waals surface area contributed by atoms with Gasteiger partial charge < -0.3 is 5.73 Å². The Labute approximate surface area is 81.5 Å². The van der Waals surface area contributed by atoms with E-state index in [-0.39, 0.29) is 4.99 Å². The standard InChI is InChI=1S/C5H3ClF3N3S/c6-2-1(10)3(13)12-4(11-2)5(7,8)9/h1H,10H2. The molecule has 0 spiro atoms. The summed E-state index contributed by atoms with van der Waals surface area (Å²) in [6.45, 7) is 0. The first kappa shape index (κ1) is 10.6. The fourth-order valence-electron chi connectivity index (χ4n) is 0.598. The van der Waals surface area contributed by atoms with Crippen molar-refractivity contribution in [2.75, 3.05) is 0 Å². The number of nitrogens with zero attached hydrogens (tertiary/aromatic N) is 2. The molecule has 8 heteroatoms. The van der Waals surface area contributed by atoms with Gasteiger partial charge in [0.25, 0.3) is 0 Å². The fourth-order valence-corrected chi connectivity index (χ4v) is 1.04. The zero-order valence-corrected chi connectivity index (χ0v) is 7.54. The molecule has 13 heavy (non-hydrogen) atoms. The number of alkyl halides is 3. The summed E-state index contributed by atoms with van der Waals surface area (Å²) in [5.74, 6) is -1.36. The maximum atomic E-state index is 12.0. The third kappa shape index (κ3) is 2.23. The van der Waals surface area contributed by atoms with Gasteiger partial charge in [0.1, 0.15) is 16.2 Å². The van der Waals surface area contributed by atoms with Crippen molar-refractivity contribution in [2.24, 2.45) is 15.7 Å². The predicted octanol–water partition coefficient (Wildman–Crippen LogP) is 1.25. The largest absolute Gasteiger partial charge is 0.451 e. The van der Waals surface area contributed by atoms with Crippen molar-refractivity contribution in [3.8, 4) is 0 Å². The molecule has 3 nitrogen and oxygen atoms in total. The summed E-state index contributed by atoms with van der Waals surface area (Å²) < 4.78 is 36.1. The number of nitrogens with two attached hydrogens (primary N) is 1. The Balaban J connectivity index is 3.05. The summed E-state index contributed by atoms with van der Waals surface area (Å²) in [6, 6.07) is -1.01. The van der Waals surface area contributed by atoms with Crippen LogP contribution in [0.3, 0.4) is 0 Å². The molecule has 1 atom stereocenters. The number of rotatable bonds is 0. The van der Waals surface area contributed by atoms with Gasteiger partial charge in [-0.25, -0.2) is 9.98 Å². The van der Waals surface area contributed by atoms with Gasteiger partial charge in [-0.1, -0.05) is 23.8 Å². The van der Waals surface area contributed by atoms with E-state index in [1.165, 1.54) is 0 Å². The van der Waals surface area contributed by atoms with Gasteiger partial charge in [-0.05, 0) is 0 Å². The highest BCUT2D eigenvalue weighted by Gasteiger charge is 2.39. The molecular formula is C5H3ClF3N3S. The molecule has 72 valence electrons. The summed E-state index contributed by atoms with van der Waals surface area (Å²) in [5, 5.41) is -0.396. The molecule has 0 aliphatic carbocycles. The Morgan fingerprint density at radius 3 is 2.31 bits per heavy atom. The highest BCUT2D eigenvalue weighted by molar-refractivity contribution is 7.80. The molecule has 2 N–H and O–H groups in total. The second-order valence-corrected chi connectivity index (χ2v) is 2.99. The van der Waals surface area contributed by atoms with E-state index < -0.39 is 23.2 Å². The summed E-state index contributed by atoms with van der Waals surface area (Å²) in [6.07, 6.45) is -4.65. The van der Waals surface area contributed by atoms with Crippen LogP contribution < -0.4 is 5.73 Å². The van der Waals surface area contributed by atoms with Crippen LogP contribution in [0.15, 0.2) is 9.98 Å². The summed E-state index contributed by atoms with van der Waals surface area (Å²) in [5.41, 5.74) is 5.25. The second kappa shape index (κ2) is 3.32. The van der Waals surface area contributed by atoms with Gasteiger partial charge in [-0.15, -0.1) is 0 Å². The molecule has 1 unspecified atom stereocenters. The average molecular weight is 230 g/mol. The quantitative estimate of drug-likeness (QED) is 0.636. The van der Waals surface area contributed by atoms with E-state index in [4.69, 9.17) is 17.3 Å². The SMILES string of the molecule is NC1C(=S)N=C(C(F)(F)F)N=C1Cl. The van der Waals surface area contributed by atoms with Crippen LogP contribution in [0.2, 0.25) is 0 Å². The highest BCUT2D eigenvalue weighted by Crippen LogP contribution is 2.21. The van der Waals surface area contributed by atoms with E-state index in [2.05, 4.69) is 22.2 Å². The molecule has 0 fully saturated rings. The Bertz CT molecular complexity index is 309. The van der Waals surface area contributed by atoms with Crippen molar-refractivity contribution in [3.05, 3.63) is 0 Å². The van der Waals surface area contributed by atoms with Crippen LogP contribution in [0.5, 0.6) is 0 Å². The minimum Gasteiger partial charge on any atom is -0.316 e. The molecule has 0 bridgehead atoms. The maximum Gasteiger partial charge on any atom is 0.451 e. The average Bonchev–Trinajstić information content (AvgIpc) is 1.97. The lowest BCUT2D eigenvalue weighted by molar-refractivity contribution is -0.0596. The Morgan fingerprint density at radius 1 is 1.38 bits per heavy atom. The van der Waals surface area contributed by atoms with Gasteiger partial charge >= 0.3 is 6.18 Å². The first-order valence-electron chi connectivity index (χ1n) is 3.02. The normalized spacial score (nSPS) is 24.1. The second-order valence-electron chi connectivity index (χ2n) is 2.18. The van der Waals surface area contributed by atoms with Crippen LogP contribution in [-0.2, 0) is 0 Å². The molecule has 0 aromatic carbocycles. The van der Waals surface area contributed by atoms with Crippen LogP contribution in [0.25, 0.3) is 0 Å². The van der Waals surface area contributed by atoms with Gasteiger partial charge in [-0.2, -0.15) is 13.2 Å². The number of aliphatic imine (C=N–C) groups is 2. The monoisotopic (exact) mass is 229 g/mol. The Hall–Kier alpha value is -0.530. The first-order chi connectivity index (χ1) is 5.82. The highest BCUT2D eigenvalue weighted by atomic mass is 35.5. The van der Waals surface area contributed by atoms with Crippen molar-refractivity contribution in [1.82, 2.24) is 0 Å². The predicted molar refractivity (Wildman–Crippen MR) is 47.4 cm³/mol. The first-order valence-corrected chi connectivity index (χ1v) is 3.80. The molecular weight excluding hydrogens is 227 g/mol. The van der Waals surface area contributed by atoms with Crippen LogP contribution in [0.1, 0.15) is 0 Å². The Morgan fingerprint density at radius 2 is 1.92 bits per heavy atom. The molecule has 0 aromatic rings. The number of hydrogen-bond acceptors (Lipinski definition) is 3. The van der Waals surface area contributed by atoms with E-state index in [1.807, 2.05) is 0 Å². The third-order valence-electron chi connectivity index (χ3n) is 1.21. The summed E-state index contributed by atoms with van der Waals surface area (Å²) in [4.78, 5) is 5.68. The zero-order chi connectivity index (χ0) is 10.2.